The number of aryl methyl sites for hydroxylation is 2. The SMILES string of the molecule is COc1cc(C)c(C)cc1CC(=O)N1CCN(C(=O)C2CCCC2)CC1. The Balaban J connectivity index is 1.57. The first-order valence-electron chi connectivity index (χ1n) is 9.70. The van der Waals surface area contributed by atoms with Crippen LogP contribution in [0.4, 0.5) is 0 Å². The smallest absolute Gasteiger partial charge is 0.227 e. The predicted octanol–water partition coefficient (Wildman–Crippen LogP) is 2.72. The van der Waals surface area contributed by atoms with E-state index >= 15 is 0 Å². The molecule has 1 heterocycles. The average molecular weight is 358 g/mol. The molecule has 0 aromatic heterocycles. The van der Waals surface area contributed by atoms with Gasteiger partial charge in [-0.05, 0) is 43.9 Å². The number of rotatable bonds is 4. The molecule has 3 rings (SSSR count). The lowest BCUT2D eigenvalue weighted by Gasteiger charge is -2.36. The van der Waals surface area contributed by atoms with Crippen LogP contribution in [0.15, 0.2) is 12.1 Å². The van der Waals surface area contributed by atoms with E-state index in [1.54, 1.807) is 7.11 Å². The molecule has 1 saturated heterocycles. The van der Waals surface area contributed by atoms with E-state index < -0.39 is 0 Å². The Bertz CT molecular complexity index is 672. The number of hydrogen-bond acceptors (Lipinski definition) is 3. The number of amides is 2. The predicted molar refractivity (Wildman–Crippen MR) is 101 cm³/mol. The van der Waals surface area contributed by atoms with Crippen LogP contribution < -0.4 is 4.74 Å². The van der Waals surface area contributed by atoms with E-state index in [9.17, 15) is 9.59 Å². The summed E-state index contributed by atoms with van der Waals surface area (Å²) in [7, 11) is 1.64. The van der Waals surface area contributed by atoms with E-state index in [0.717, 1.165) is 29.7 Å². The molecule has 5 nitrogen and oxygen atoms in total. The molecule has 1 aromatic carbocycles. The van der Waals surface area contributed by atoms with Crippen molar-refractivity contribution in [3.63, 3.8) is 0 Å². The zero-order chi connectivity index (χ0) is 18.7. The summed E-state index contributed by atoms with van der Waals surface area (Å²) in [6.45, 7) is 6.67. The molecule has 2 aliphatic rings. The first-order chi connectivity index (χ1) is 12.5. The third-order valence-electron chi connectivity index (χ3n) is 5.89. The fourth-order valence-electron chi connectivity index (χ4n) is 4.06. The van der Waals surface area contributed by atoms with Crippen LogP contribution in [-0.4, -0.2) is 54.9 Å². The number of ether oxygens (including phenoxy) is 1. The third-order valence-corrected chi connectivity index (χ3v) is 5.89. The fraction of sp³-hybridized carbons (Fsp3) is 0.619. The molecule has 0 spiro atoms. The summed E-state index contributed by atoms with van der Waals surface area (Å²) in [5.74, 6) is 1.40. The summed E-state index contributed by atoms with van der Waals surface area (Å²) in [5.41, 5.74) is 3.27. The van der Waals surface area contributed by atoms with Gasteiger partial charge in [-0.1, -0.05) is 18.9 Å². The van der Waals surface area contributed by atoms with Crippen molar-refractivity contribution in [3.05, 3.63) is 28.8 Å². The molecule has 1 aromatic rings. The monoisotopic (exact) mass is 358 g/mol. The molecule has 2 fully saturated rings. The van der Waals surface area contributed by atoms with E-state index in [4.69, 9.17) is 4.74 Å². The van der Waals surface area contributed by atoms with Crippen LogP contribution in [0.1, 0.15) is 42.4 Å². The van der Waals surface area contributed by atoms with Crippen LogP contribution in [-0.2, 0) is 16.0 Å². The van der Waals surface area contributed by atoms with Crippen molar-refractivity contribution in [2.45, 2.75) is 46.0 Å². The van der Waals surface area contributed by atoms with E-state index in [2.05, 4.69) is 6.92 Å². The number of hydrogen-bond donors (Lipinski definition) is 0. The van der Waals surface area contributed by atoms with Gasteiger partial charge in [-0.2, -0.15) is 0 Å². The minimum absolute atomic E-state index is 0.111. The van der Waals surface area contributed by atoms with Crippen molar-refractivity contribution in [2.24, 2.45) is 5.92 Å². The van der Waals surface area contributed by atoms with Crippen LogP contribution in [0.3, 0.4) is 0 Å². The highest BCUT2D eigenvalue weighted by molar-refractivity contribution is 5.81. The molecule has 0 bridgehead atoms. The van der Waals surface area contributed by atoms with Crippen molar-refractivity contribution < 1.29 is 14.3 Å². The highest BCUT2D eigenvalue weighted by atomic mass is 16.5. The molecule has 5 heteroatoms. The number of benzene rings is 1. The Morgan fingerprint density at radius 3 is 2.19 bits per heavy atom. The maximum absolute atomic E-state index is 12.7. The Kier molecular flexibility index (Phi) is 5.84. The van der Waals surface area contributed by atoms with Gasteiger partial charge in [-0.3, -0.25) is 9.59 Å². The van der Waals surface area contributed by atoms with Gasteiger partial charge < -0.3 is 14.5 Å². The molecule has 1 saturated carbocycles. The molecule has 1 aliphatic heterocycles. The van der Waals surface area contributed by atoms with Crippen molar-refractivity contribution in [1.82, 2.24) is 9.80 Å². The highest BCUT2D eigenvalue weighted by Gasteiger charge is 2.30. The molecule has 2 amide bonds. The average Bonchev–Trinajstić information content (AvgIpc) is 3.18. The van der Waals surface area contributed by atoms with Crippen molar-refractivity contribution in [3.8, 4) is 5.75 Å². The molecule has 0 atom stereocenters. The largest absolute Gasteiger partial charge is 0.496 e. The van der Waals surface area contributed by atoms with Gasteiger partial charge in [0.05, 0.1) is 13.5 Å². The lowest BCUT2D eigenvalue weighted by atomic mass is 10.0. The van der Waals surface area contributed by atoms with Gasteiger partial charge in [-0.25, -0.2) is 0 Å². The molecule has 0 N–H and O–H groups in total. The summed E-state index contributed by atoms with van der Waals surface area (Å²) in [4.78, 5) is 29.1. The van der Waals surface area contributed by atoms with E-state index in [0.29, 0.717) is 38.5 Å². The van der Waals surface area contributed by atoms with Gasteiger partial charge in [0.1, 0.15) is 5.75 Å². The zero-order valence-corrected chi connectivity index (χ0v) is 16.2. The maximum Gasteiger partial charge on any atom is 0.227 e. The number of carbonyl (C=O) groups is 2. The van der Waals surface area contributed by atoms with Gasteiger partial charge in [-0.15, -0.1) is 0 Å². The van der Waals surface area contributed by atoms with E-state index in [1.807, 2.05) is 28.9 Å². The van der Waals surface area contributed by atoms with Crippen LogP contribution in [0, 0.1) is 19.8 Å². The standard InChI is InChI=1S/C21H30N2O3/c1-15-12-18(19(26-3)13-16(15)2)14-20(24)22-8-10-23(11-9-22)21(25)17-6-4-5-7-17/h12-13,17H,4-11,14H2,1-3H3. The summed E-state index contributed by atoms with van der Waals surface area (Å²) in [6.07, 6.45) is 4.76. The first-order valence-corrected chi connectivity index (χ1v) is 9.70. The van der Waals surface area contributed by atoms with Crippen molar-refractivity contribution in [1.29, 1.82) is 0 Å². The number of methoxy groups -OCH3 is 1. The quantitative estimate of drug-likeness (QED) is 0.831. The van der Waals surface area contributed by atoms with Gasteiger partial charge in [0.25, 0.3) is 0 Å². The van der Waals surface area contributed by atoms with Crippen LogP contribution in [0.5, 0.6) is 5.75 Å². The zero-order valence-electron chi connectivity index (χ0n) is 16.2. The van der Waals surface area contributed by atoms with Crippen molar-refractivity contribution in [2.75, 3.05) is 33.3 Å². The highest BCUT2D eigenvalue weighted by Crippen LogP contribution is 2.27. The second-order valence-electron chi connectivity index (χ2n) is 7.61. The van der Waals surface area contributed by atoms with Gasteiger partial charge in [0.2, 0.25) is 11.8 Å². The second kappa shape index (κ2) is 8.11. The fourth-order valence-corrected chi connectivity index (χ4v) is 4.06. The topological polar surface area (TPSA) is 49.9 Å². The van der Waals surface area contributed by atoms with Crippen molar-refractivity contribution >= 4 is 11.8 Å². The Morgan fingerprint density at radius 2 is 1.58 bits per heavy atom. The third kappa shape index (κ3) is 4.02. The Labute approximate surface area is 156 Å². The minimum atomic E-state index is 0.111. The molecule has 26 heavy (non-hydrogen) atoms. The molecule has 1 aliphatic carbocycles. The number of piperazine rings is 1. The first kappa shape index (κ1) is 18.7. The van der Waals surface area contributed by atoms with Gasteiger partial charge in [0.15, 0.2) is 0 Å². The van der Waals surface area contributed by atoms with Crippen LogP contribution in [0.2, 0.25) is 0 Å². The van der Waals surface area contributed by atoms with Gasteiger partial charge in [0, 0.05) is 37.7 Å². The molecule has 142 valence electrons. The second-order valence-corrected chi connectivity index (χ2v) is 7.61. The summed E-state index contributed by atoms with van der Waals surface area (Å²) < 4.78 is 5.45. The number of carbonyl (C=O) groups excluding carboxylic acids is 2. The molecular weight excluding hydrogens is 328 g/mol. The van der Waals surface area contributed by atoms with Crippen LogP contribution in [0.25, 0.3) is 0 Å². The lowest BCUT2D eigenvalue weighted by Crippen LogP contribution is -2.52. The number of nitrogens with zero attached hydrogens (tertiary/aromatic N) is 2. The molecule has 0 unspecified atom stereocenters. The molecular formula is C21H30N2O3. The maximum atomic E-state index is 12.7. The molecule has 0 radical (unpaired) electrons. The minimum Gasteiger partial charge on any atom is -0.496 e. The normalized spacial score (nSPS) is 18.3. The summed E-state index contributed by atoms with van der Waals surface area (Å²) in [6, 6.07) is 4.04. The van der Waals surface area contributed by atoms with Crippen LogP contribution >= 0.6 is 0 Å². The van der Waals surface area contributed by atoms with Gasteiger partial charge >= 0.3 is 0 Å². The Morgan fingerprint density at radius 1 is 1.00 bits per heavy atom. The summed E-state index contributed by atoms with van der Waals surface area (Å²) >= 11 is 0. The Hall–Kier alpha value is -2.04. The van der Waals surface area contributed by atoms with E-state index in [-0.39, 0.29) is 11.8 Å². The summed E-state index contributed by atoms with van der Waals surface area (Å²) in [5, 5.41) is 0. The van der Waals surface area contributed by atoms with E-state index in [1.165, 1.54) is 18.4 Å². The lowest BCUT2D eigenvalue weighted by molar-refractivity contribution is -0.141.